The first kappa shape index (κ1) is 26.1. The number of carboxylic acid groups (broad SMARTS) is 3. The van der Waals surface area contributed by atoms with E-state index in [0.29, 0.717) is 11.4 Å². The number of aromatic nitrogens is 4. The first-order valence-electron chi connectivity index (χ1n) is 8.09. The van der Waals surface area contributed by atoms with Crippen LogP contribution < -0.4 is 17.2 Å². The average molecular weight is 431 g/mol. The number of carboxylic acids is 3. The van der Waals surface area contributed by atoms with Crippen LogP contribution in [-0.4, -0.2) is 77.0 Å². The Bertz CT molecular complexity index is 673. The summed E-state index contributed by atoms with van der Waals surface area (Å²) in [6.07, 6.45) is 6.76. The molecule has 29 heavy (non-hydrogen) atoms. The molecular formula is C15H25N7O6S. The zero-order valence-corrected chi connectivity index (χ0v) is 16.2. The van der Waals surface area contributed by atoms with Gasteiger partial charge in [0.15, 0.2) is 0 Å². The Kier molecular flexibility index (Phi) is 12.7. The highest BCUT2D eigenvalue weighted by molar-refractivity contribution is 7.80. The second-order valence-corrected chi connectivity index (χ2v) is 5.91. The number of rotatable bonds is 8. The number of carbonyl (C=O) groups is 3. The quantitative estimate of drug-likeness (QED) is 0.208. The molecular weight excluding hydrogens is 406 g/mol. The Morgan fingerprint density at radius 3 is 1.34 bits per heavy atom. The summed E-state index contributed by atoms with van der Waals surface area (Å²) in [4.78, 5) is 43.4. The van der Waals surface area contributed by atoms with Crippen molar-refractivity contribution in [1.82, 2.24) is 19.9 Å². The highest BCUT2D eigenvalue weighted by atomic mass is 32.1. The van der Waals surface area contributed by atoms with E-state index in [-0.39, 0.29) is 18.6 Å². The van der Waals surface area contributed by atoms with Crippen molar-refractivity contribution in [2.45, 2.75) is 31.0 Å². The lowest BCUT2D eigenvalue weighted by Crippen LogP contribution is -2.32. The van der Waals surface area contributed by atoms with Crippen LogP contribution in [0.2, 0.25) is 0 Å². The second kappa shape index (κ2) is 14.1. The Morgan fingerprint density at radius 1 is 0.828 bits per heavy atom. The summed E-state index contributed by atoms with van der Waals surface area (Å²) in [5.41, 5.74) is 16.8. The number of nitrogens with two attached hydrogens (primary N) is 3. The summed E-state index contributed by atoms with van der Waals surface area (Å²) < 4.78 is 0. The fourth-order valence-electron chi connectivity index (χ4n) is 1.51. The van der Waals surface area contributed by atoms with Crippen LogP contribution >= 0.6 is 12.6 Å². The van der Waals surface area contributed by atoms with Gasteiger partial charge in [0.25, 0.3) is 0 Å². The average Bonchev–Trinajstić information content (AvgIpc) is 3.35. The zero-order valence-electron chi connectivity index (χ0n) is 15.3. The smallest absolute Gasteiger partial charge is 0.321 e. The first-order chi connectivity index (χ1) is 13.6. The molecule has 0 saturated heterocycles. The molecule has 0 saturated carbocycles. The molecule has 2 aromatic rings. The molecule has 0 aliphatic heterocycles. The number of hydrogen-bond acceptors (Lipinski definition) is 9. The van der Waals surface area contributed by atoms with Crippen molar-refractivity contribution in [3.05, 3.63) is 36.4 Å². The molecule has 2 heterocycles. The van der Waals surface area contributed by atoms with E-state index in [1.807, 2.05) is 0 Å². The summed E-state index contributed by atoms with van der Waals surface area (Å²) in [6.45, 7) is 0. The molecule has 162 valence electrons. The number of nitrogens with one attached hydrogen (secondary N) is 2. The van der Waals surface area contributed by atoms with Crippen molar-refractivity contribution in [2.24, 2.45) is 17.2 Å². The minimum absolute atomic E-state index is 0.190. The van der Waals surface area contributed by atoms with Gasteiger partial charge in [0, 0.05) is 31.0 Å². The van der Waals surface area contributed by atoms with Gasteiger partial charge in [-0.3, -0.25) is 14.4 Å². The van der Waals surface area contributed by atoms with E-state index in [2.05, 4.69) is 32.6 Å². The maximum atomic E-state index is 10.3. The topological polar surface area (TPSA) is 247 Å². The maximum absolute atomic E-state index is 10.3. The number of hydrogen-bond donors (Lipinski definition) is 9. The Hall–Kier alpha value is -2.94. The van der Waals surface area contributed by atoms with Gasteiger partial charge in [0.05, 0.1) is 24.0 Å². The van der Waals surface area contributed by atoms with Crippen LogP contribution in [0.3, 0.4) is 0 Å². The van der Waals surface area contributed by atoms with Gasteiger partial charge in [-0.15, -0.1) is 0 Å². The molecule has 0 amide bonds. The van der Waals surface area contributed by atoms with E-state index in [0.717, 1.165) is 0 Å². The largest absolute Gasteiger partial charge is 0.480 e. The first-order valence-corrected chi connectivity index (χ1v) is 8.73. The number of thiol groups is 1. The predicted molar refractivity (Wildman–Crippen MR) is 105 cm³/mol. The van der Waals surface area contributed by atoms with Gasteiger partial charge in [-0.2, -0.15) is 12.6 Å². The molecule has 0 aliphatic carbocycles. The van der Waals surface area contributed by atoms with Gasteiger partial charge in [0.2, 0.25) is 0 Å². The van der Waals surface area contributed by atoms with Crippen LogP contribution in [0, 0.1) is 0 Å². The lowest BCUT2D eigenvalue weighted by Gasteiger charge is -2.01. The van der Waals surface area contributed by atoms with E-state index in [1.165, 1.54) is 12.7 Å². The third-order valence-corrected chi connectivity index (χ3v) is 3.51. The second-order valence-electron chi connectivity index (χ2n) is 5.55. The highest BCUT2D eigenvalue weighted by Gasteiger charge is 2.13. The van der Waals surface area contributed by atoms with Crippen molar-refractivity contribution in [2.75, 3.05) is 5.75 Å². The summed E-state index contributed by atoms with van der Waals surface area (Å²) in [5, 5.41) is 24.8. The molecule has 2 aromatic heterocycles. The lowest BCUT2D eigenvalue weighted by molar-refractivity contribution is -0.139. The number of nitrogens with zero attached hydrogens (tertiary/aromatic N) is 2. The molecule has 0 fully saturated rings. The summed E-state index contributed by atoms with van der Waals surface area (Å²) in [7, 11) is 0. The fraction of sp³-hybridized carbons (Fsp3) is 0.400. The van der Waals surface area contributed by atoms with E-state index in [4.69, 9.17) is 32.5 Å². The third-order valence-electron chi connectivity index (χ3n) is 3.12. The van der Waals surface area contributed by atoms with Crippen LogP contribution in [0.1, 0.15) is 11.4 Å². The molecule has 14 heteroatoms. The molecule has 3 atom stereocenters. The summed E-state index contributed by atoms with van der Waals surface area (Å²) in [5.74, 6) is -2.83. The molecule has 2 rings (SSSR count). The standard InChI is InChI=1S/2C6H9N3O2.C3H7NO2S/c2*7-5(6(10)11)1-4-2-8-3-9-4;4-2(1-7)3(5)6/h2*2-3,5H,1,7H2,(H,8,9)(H,10,11);2,7H,1,4H2,(H,5,6). The van der Waals surface area contributed by atoms with Crippen molar-refractivity contribution in [3.8, 4) is 0 Å². The fourth-order valence-corrected chi connectivity index (χ4v) is 1.66. The number of imidazole rings is 2. The Balaban J connectivity index is 0.000000419. The van der Waals surface area contributed by atoms with Crippen LogP contribution in [-0.2, 0) is 27.2 Å². The van der Waals surface area contributed by atoms with E-state index < -0.39 is 36.0 Å². The van der Waals surface area contributed by atoms with Crippen molar-refractivity contribution in [3.63, 3.8) is 0 Å². The van der Waals surface area contributed by atoms with Crippen LogP contribution in [0.15, 0.2) is 25.0 Å². The Labute approximate surface area is 171 Å². The SMILES string of the molecule is NC(CS)C(=O)O.NC(Cc1c[nH]cn1)C(=O)O.NC(Cc1c[nH]cn1)C(=O)O. The molecule has 3 unspecified atom stereocenters. The van der Waals surface area contributed by atoms with Crippen LogP contribution in [0.25, 0.3) is 0 Å². The van der Waals surface area contributed by atoms with Gasteiger partial charge in [-0.1, -0.05) is 0 Å². The lowest BCUT2D eigenvalue weighted by atomic mass is 10.2. The normalized spacial score (nSPS) is 13.0. The summed E-state index contributed by atoms with van der Waals surface area (Å²) in [6, 6.07) is -2.54. The predicted octanol–water partition coefficient (Wildman–Crippen LogP) is -1.94. The van der Waals surface area contributed by atoms with Crippen LogP contribution in [0.5, 0.6) is 0 Å². The van der Waals surface area contributed by atoms with Gasteiger partial charge in [-0.05, 0) is 0 Å². The summed E-state index contributed by atoms with van der Waals surface area (Å²) >= 11 is 3.65. The number of aromatic amines is 2. The minimum atomic E-state index is -1.01. The van der Waals surface area contributed by atoms with Crippen molar-refractivity contribution < 1.29 is 29.7 Å². The minimum Gasteiger partial charge on any atom is -0.480 e. The van der Waals surface area contributed by atoms with Gasteiger partial charge < -0.3 is 42.5 Å². The van der Waals surface area contributed by atoms with E-state index >= 15 is 0 Å². The van der Waals surface area contributed by atoms with Crippen LogP contribution in [0.4, 0.5) is 0 Å². The van der Waals surface area contributed by atoms with E-state index in [1.54, 1.807) is 12.4 Å². The molecule has 0 bridgehead atoms. The van der Waals surface area contributed by atoms with Gasteiger partial charge in [-0.25, -0.2) is 9.97 Å². The number of aliphatic carboxylic acids is 3. The zero-order chi connectivity index (χ0) is 22.4. The highest BCUT2D eigenvalue weighted by Crippen LogP contribution is 1.96. The monoisotopic (exact) mass is 431 g/mol. The molecule has 0 spiro atoms. The molecule has 0 aromatic carbocycles. The van der Waals surface area contributed by atoms with Crippen molar-refractivity contribution in [1.29, 1.82) is 0 Å². The molecule has 11 N–H and O–H groups in total. The van der Waals surface area contributed by atoms with Gasteiger partial charge >= 0.3 is 17.9 Å². The van der Waals surface area contributed by atoms with Gasteiger partial charge in [0.1, 0.15) is 18.1 Å². The third kappa shape index (κ3) is 12.2. The molecule has 0 aliphatic rings. The Morgan fingerprint density at radius 2 is 1.17 bits per heavy atom. The van der Waals surface area contributed by atoms with Crippen molar-refractivity contribution >= 4 is 30.5 Å². The molecule has 0 radical (unpaired) electrons. The van der Waals surface area contributed by atoms with E-state index in [9.17, 15) is 14.4 Å². The maximum Gasteiger partial charge on any atom is 0.321 e. The number of H-pyrrole nitrogens is 2. The molecule has 13 nitrogen and oxygen atoms in total.